The first-order chi connectivity index (χ1) is 8.24. The lowest BCUT2D eigenvalue weighted by Gasteiger charge is -2.13. The van der Waals surface area contributed by atoms with Gasteiger partial charge in [0.15, 0.2) is 0 Å². The number of carbonyl (C=O) groups is 1. The fraction of sp³-hybridized carbons (Fsp3) is 0.364. The maximum atomic E-state index is 12.6. The molecule has 1 unspecified atom stereocenters. The van der Waals surface area contributed by atoms with Crippen molar-refractivity contribution in [3.05, 3.63) is 28.2 Å². The molecule has 1 amide bonds. The van der Waals surface area contributed by atoms with E-state index in [1.807, 2.05) is 0 Å². The second-order valence-corrected chi connectivity index (χ2v) is 4.51. The Kier molecular flexibility index (Phi) is 4.75. The number of ether oxygens (including phenoxy) is 1. The lowest BCUT2D eigenvalue weighted by atomic mass is 10.2. The van der Waals surface area contributed by atoms with Gasteiger partial charge in [0.2, 0.25) is 0 Å². The quantitative estimate of drug-likeness (QED) is 0.924. The van der Waals surface area contributed by atoms with Crippen LogP contribution in [0, 0.1) is 0 Å². The topological polar surface area (TPSA) is 38.3 Å². The van der Waals surface area contributed by atoms with Gasteiger partial charge in [-0.15, -0.1) is 0 Å². The summed E-state index contributed by atoms with van der Waals surface area (Å²) >= 11 is 2.97. The molecule has 0 spiro atoms. The van der Waals surface area contributed by atoms with Crippen LogP contribution in [0.2, 0.25) is 0 Å². The molecule has 7 heteroatoms. The predicted molar refractivity (Wildman–Crippen MR) is 64.2 cm³/mol. The molecule has 0 heterocycles. The van der Waals surface area contributed by atoms with Crippen molar-refractivity contribution in [2.75, 3.05) is 12.4 Å². The van der Waals surface area contributed by atoms with E-state index in [0.29, 0.717) is 0 Å². The molecular formula is C11H11BrF3NO2. The summed E-state index contributed by atoms with van der Waals surface area (Å²) in [7, 11) is 1.34. The molecule has 0 radical (unpaired) electrons. The Morgan fingerprint density at radius 3 is 2.50 bits per heavy atom. The maximum Gasteiger partial charge on any atom is 0.416 e. The zero-order valence-electron chi connectivity index (χ0n) is 9.64. The Labute approximate surface area is 110 Å². The van der Waals surface area contributed by atoms with Crippen molar-refractivity contribution in [2.24, 2.45) is 0 Å². The summed E-state index contributed by atoms with van der Waals surface area (Å²) in [5, 5.41) is 2.35. The zero-order valence-corrected chi connectivity index (χ0v) is 11.2. The Hall–Kier alpha value is -1.08. The molecule has 18 heavy (non-hydrogen) atoms. The van der Waals surface area contributed by atoms with Crippen LogP contribution in [0.4, 0.5) is 18.9 Å². The third-order valence-corrected chi connectivity index (χ3v) is 2.67. The number of rotatable bonds is 3. The fourth-order valence-electron chi connectivity index (χ4n) is 1.18. The number of amides is 1. The van der Waals surface area contributed by atoms with Gasteiger partial charge in [-0.25, -0.2) is 0 Å². The van der Waals surface area contributed by atoms with Gasteiger partial charge in [-0.2, -0.15) is 13.2 Å². The second-order valence-electron chi connectivity index (χ2n) is 3.59. The smallest absolute Gasteiger partial charge is 0.372 e. The first-order valence-electron chi connectivity index (χ1n) is 4.95. The average molecular weight is 326 g/mol. The minimum atomic E-state index is -4.46. The van der Waals surface area contributed by atoms with Gasteiger partial charge in [0.05, 0.1) is 5.56 Å². The Balaban J connectivity index is 2.97. The number of nitrogens with one attached hydrogen (secondary N) is 1. The van der Waals surface area contributed by atoms with Crippen LogP contribution in [0.5, 0.6) is 0 Å². The van der Waals surface area contributed by atoms with Gasteiger partial charge < -0.3 is 10.1 Å². The van der Waals surface area contributed by atoms with E-state index in [1.165, 1.54) is 20.1 Å². The van der Waals surface area contributed by atoms with Crippen molar-refractivity contribution < 1.29 is 22.7 Å². The minimum absolute atomic E-state index is 0.0607. The SMILES string of the molecule is COC(C)C(=O)Nc1cc(Br)cc(C(F)(F)F)c1. The van der Waals surface area contributed by atoms with E-state index in [9.17, 15) is 18.0 Å². The van der Waals surface area contributed by atoms with Crippen LogP contribution in [-0.4, -0.2) is 19.1 Å². The molecule has 0 aliphatic carbocycles. The largest absolute Gasteiger partial charge is 0.416 e. The summed E-state index contributed by atoms with van der Waals surface area (Å²) in [6, 6.07) is 3.19. The lowest BCUT2D eigenvalue weighted by molar-refractivity contribution is -0.137. The first kappa shape index (κ1) is 15.0. The number of hydrogen-bond donors (Lipinski definition) is 1. The number of carbonyl (C=O) groups excluding carboxylic acids is 1. The summed E-state index contributed by atoms with van der Waals surface area (Å²) in [6.07, 6.45) is -5.20. The molecule has 0 aliphatic rings. The van der Waals surface area contributed by atoms with Gasteiger partial charge in [-0.3, -0.25) is 4.79 Å². The molecule has 1 atom stereocenters. The van der Waals surface area contributed by atoms with Crippen molar-refractivity contribution in [1.29, 1.82) is 0 Å². The van der Waals surface area contributed by atoms with Crippen LogP contribution >= 0.6 is 15.9 Å². The third-order valence-electron chi connectivity index (χ3n) is 2.22. The molecule has 0 fully saturated rings. The summed E-state index contributed by atoms with van der Waals surface area (Å²) in [4.78, 5) is 11.5. The van der Waals surface area contributed by atoms with Gasteiger partial charge in [-0.1, -0.05) is 15.9 Å². The van der Waals surface area contributed by atoms with E-state index in [2.05, 4.69) is 21.2 Å². The van der Waals surface area contributed by atoms with E-state index in [0.717, 1.165) is 12.1 Å². The van der Waals surface area contributed by atoms with Crippen molar-refractivity contribution in [2.45, 2.75) is 19.2 Å². The summed E-state index contributed by atoms with van der Waals surface area (Å²) in [5.41, 5.74) is -0.775. The molecule has 100 valence electrons. The lowest BCUT2D eigenvalue weighted by Crippen LogP contribution is -2.26. The molecule has 0 aromatic heterocycles. The van der Waals surface area contributed by atoms with Crippen molar-refractivity contribution >= 4 is 27.5 Å². The third kappa shape index (κ3) is 3.99. The van der Waals surface area contributed by atoms with Gasteiger partial charge in [0, 0.05) is 17.3 Å². The monoisotopic (exact) mass is 325 g/mol. The summed E-state index contributed by atoms with van der Waals surface area (Å²) in [6.45, 7) is 1.50. The highest BCUT2D eigenvalue weighted by Crippen LogP contribution is 2.33. The average Bonchev–Trinajstić information content (AvgIpc) is 2.25. The maximum absolute atomic E-state index is 12.6. The number of benzene rings is 1. The highest BCUT2D eigenvalue weighted by Gasteiger charge is 2.31. The first-order valence-corrected chi connectivity index (χ1v) is 5.75. The molecule has 1 aromatic carbocycles. The Morgan fingerprint density at radius 2 is 2.00 bits per heavy atom. The summed E-state index contributed by atoms with van der Waals surface area (Å²) < 4.78 is 42.7. The van der Waals surface area contributed by atoms with Crippen molar-refractivity contribution in [3.63, 3.8) is 0 Å². The molecule has 0 aliphatic heterocycles. The predicted octanol–water partition coefficient (Wildman–Crippen LogP) is 3.44. The van der Waals surface area contributed by atoms with Crippen LogP contribution in [-0.2, 0) is 15.7 Å². The molecule has 1 rings (SSSR count). The fourth-order valence-corrected chi connectivity index (χ4v) is 1.67. The van der Waals surface area contributed by atoms with Gasteiger partial charge in [0.25, 0.3) is 5.91 Å². The van der Waals surface area contributed by atoms with Crippen molar-refractivity contribution in [3.8, 4) is 0 Å². The number of methoxy groups -OCH3 is 1. The molecular weight excluding hydrogens is 315 g/mol. The Morgan fingerprint density at radius 1 is 1.39 bits per heavy atom. The van der Waals surface area contributed by atoms with E-state index >= 15 is 0 Å². The molecule has 3 nitrogen and oxygen atoms in total. The standard InChI is InChI=1S/C11H11BrF3NO2/c1-6(18-2)10(17)16-9-4-7(11(13,14)15)3-8(12)5-9/h3-6H,1-2H3,(H,16,17). The normalized spacial score (nSPS) is 13.2. The molecule has 1 aromatic rings. The second kappa shape index (κ2) is 5.71. The Bertz CT molecular complexity index is 448. The van der Waals surface area contributed by atoms with E-state index in [-0.39, 0.29) is 10.2 Å². The minimum Gasteiger partial charge on any atom is -0.372 e. The molecule has 0 saturated heterocycles. The van der Waals surface area contributed by atoms with Crippen LogP contribution in [0.15, 0.2) is 22.7 Å². The van der Waals surface area contributed by atoms with Crippen LogP contribution in [0.25, 0.3) is 0 Å². The van der Waals surface area contributed by atoms with Crippen LogP contribution < -0.4 is 5.32 Å². The van der Waals surface area contributed by atoms with Crippen LogP contribution in [0.3, 0.4) is 0 Å². The highest BCUT2D eigenvalue weighted by molar-refractivity contribution is 9.10. The van der Waals surface area contributed by atoms with E-state index in [1.54, 1.807) is 0 Å². The van der Waals surface area contributed by atoms with Crippen LogP contribution in [0.1, 0.15) is 12.5 Å². The molecule has 1 N–H and O–H groups in total. The van der Waals surface area contributed by atoms with Gasteiger partial charge in [-0.05, 0) is 25.1 Å². The number of halogens is 4. The van der Waals surface area contributed by atoms with Gasteiger partial charge >= 0.3 is 6.18 Å². The zero-order chi connectivity index (χ0) is 13.9. The number of hydrogen-bond acceptors (Lipinski definition) is 2. The molecule has 0 saturated carbocycles. The van der Waals surface area contributed by atoms with Gasteiger partial charge in [0.1, 0.15) is 6.10 Å². The molecule has 0 bridgehead atoms. The van der Waals surface area contributed by atoms with Crippen molar-refractivity contribution in [1.82, 2.24) is 0 Å². The number of anilines is 1. The highest BCUT2D eigenvalue weighted by atomic mass is 79.9. The summed E-state index contributed by atoms with van der Waals surface area (Å²) in [5.74, 6) is -0.510. The van der Waals surface area contributed by atoms with E-state index < -0.39 is 23.8 Å². The van der Waals surface area contributed by atoms with E-state index in [4.69, 9.17) is 4.74 Å². The number of alkyl halides is 3.